The lowest BCUT2D eigenvalue weighted by molar-refractivity contribution is 0.146. The van der Waals surface area contributed by atoms with Crippen molar-refractivity contribution in [2.75, 3.05) is 32.8 Å². The van der Waals surface area contributed by atoms with E-state index in [0.29, 0.717) is 19.0 Å². The molecule has 0 bridgehead atoms. The summed E-state index contributed by atoms with van der Waals surface area (Å²) in [7, 11) is 3.24. The van der Waals surface area contributed by atoms with E-state index in [0.717, 1.165) is 28.3 Å². The molecular formula is C24H26N6O4. The standard InChI is InChI=1S/C24H26N6O4/c1-16(18-5-4-6-20(15-18)33-3)26-24(31)28-22-27-23-25-12-11-21(30(23)29-22)17-7-9-19(10-8-17)34-14-13-32-2/h4-12,15-16H,13-14H2,1-3H3,(H2,26,28,29,31). The molecule has 1 unspecified atom stereocenters. The average molecular weight is 463 g/mol. The Kier molecular flexibility index (Phi) is 7.19. The Hall–Kier alpha value is -4.18. The molecule has 2 aromatic carbocycles. The number of hydrogen-bond acceptors (Lipinski definition) is 7. The Balaban J connectivity index is 1.46. The van der Waals surface area contributed by atoms with E-state index >= 15 is 0 Å². The number of anilines is 1. The highest BCUT2D eigenvalue weighted by Gasteiger charge is 2.15. The van der Waals surface area contributed by atoms with Crippen molar-refractivity contribution in [3.63, 3.8) is 0 Å². The zero-order chi connectivity index (χ0) is 23.9. The summed E-state index contributed by atoms with van der Waals surface area (Å²) < 4.78 is 17.4. The molecule has 2 N–H and O–H groups in total. The number of amides is 2. The van der Waals surface area contributed by atoms with Crippen LogP contribution in [0.15, 0.2) is 60.8 Å². The van der Waals surface area contributed by atoms with Crippen molar-refractivity contribution in [3.8, 4) is 22.8 Å². The van der Waals surface area contributed by atoms with Gasteiger partial charge in [0.05, 0.1) is 25.5 Å². The van der Waals surface area contributed by atoms with Gasteiger partial charge < -0.3 is 19.5 Å². The number of benzene rings is 2. The summed E-state index contributed by atoms with van der Waals surface area (Å²) in [5, 5.41) is 9.98. The molecule has 4 rings (SSSR count). The molecule has 10 heteroatoms. The number of nitrogens with zero attached hydrogens (tertiary/aromatic N) is 4. The number of hydrogen-bond donors (Lipinski definition) is 2. The first-order valence-electron chi connectivity index (χ1n) is 10.7. The normalized spacial score (nSPS) is 11.7. The van der Waals surface area contributed by atoms with E-state index in [-0.39, 0.29) is 12.0 Å². The summed E-state index contributed by atoms with van der Waals surface area (Å²) in [5.74, 6) is 1.99. The van der Waals surface area contributed by atoms with Crippen LogP contribution in [0.3, 0.4) is 0 Å². The summed E-state index contributed by atoms with van der Waals surface area (Å²) >= 11 is 0. The molecule has 0 saturated carbocycles. The van der Waals surface area contributed by atoms with Gasteiger partial charge in [-0.25, -0.2) is 9.78 Å². The van der Waals surface area contributed by atoms with E-state index < -0.39 is 6.03 Å². The molecule has 34 heavy (non-hydrogen) atoms. The van der Waals surface area contributed by atoms with Crippen molar-refractivity contribution >= 4 is 17.8 Å². The van der Waals surface area contributed by atoms with Gasteiger partial charge in [0.15, 0.2) is 0 Å². The Morgan fingerprint density at radius 2 is 1.88 bits per heavy atom. The Labute approximate surface area is 196 Å². The highest BCUT2D eigenvalue weighted by Crippen LogP contribution is 2.23. The number of ether oxygens (including phenoxy) is 3. The SMILES string of the molecule is COCCOc1ccc(-c2ccnc3nc(NC(=O)NC(C)c4cccc(OC)c4)nn23)cc1. The maximum Gasteiger partial charge on any atom is 0.322 e. The molecule has 0 aliphatic heterocycles. The number of carbonyl (C=O) groups is 1. The summed E-state index contributed by atoms with van der Waals surface area (Å²) in [6, 6.07) is 16.3. The average Bonchev–Trinajstić information content (AvgIpc) is 3.27. The van der Waals surface area contributed by atoms with Crippen LogP contribution in [-0.4, -0.2) is 53.0 Å². The smallest absolute Gasteiger partial charge is 0.322 e. The zero-order valence-corrected chi connectivity index (χ0v) is 19.2. The van der Waals surface area contributed by atoms with E-state index in [9.17, 15) is 4.79 Å². The van der Waals surface area contributed by atoms with Gasteiger partial charge in [-0.2, -0.15) is 9.50 Å². The minimum atomic E-state index is -0.426. The van der Waals surface area contributed by atoms with Crippen LogP contribution in [-0.2, 0) is 4.74 Å². The second-order valence-electron chi connectivity index (χ2n) is 7.44. The van der Waals surface area contributed by atoms with E-state index in [2.05, 4.69) is 25.7 Å². The minimum Gasteiger partial charge on any atom is -0.497 e. The quantitative estimate of drug-likeness (QED) is 0.365. The molecule has 0 spiro atoms. The van der Waals surface area contributed by atoms with Gasteiger partial charge in [0, 0.05) is 18.9 Å². The van der Waals surface area contributed by atoms with Gasteiger partial charge >= 0.3 is 6.03 Å². The first-order valence-corrected chi connectivity index (χ1v) is 10.7. The fraction of sp³-hybridized carbons (Fsp3) is 0.250. The highest BCUT2D eigenvalue weighted by molar-refractivity contribution is 5.87. The van der Waals surface area contributed by atoms with Crippen LogP contribution < -0.4 is 20.1 Å². The fourth-order valence-corrected chi connectivity index (χ4v) is 3.36. The van der Waals surface area contributed by atoms with Gasteiger partial charge in [-0.1, -0.05) is 12.1 Å². The van der Waals surface area contributed by atoms with Gasteiger partial charge in [0.1, 0.15) is 18.1 Å². The third-order valence-corrected chi connectivity index (χ3v) is 5.11. The maximum absolute atomic E-state index is 12.5. The molecule has 0 fully saturated rings. The first-order chi connectivity index (χ1) is 16.6. The molecule has 2 aromatic heterocycles. The van der Waals surface area contributed by atoms with E-state index in [1.54, 1.807) is 24.9 Å². The number of carbonyl (C=O) groups excluding carboxylic acids is 1. The largest absolute Gasteiger partial charge is 0.497 e. The topological polar surface area (TPSA) is 112 Å². The molecule has 0 saturated heterocycles. The van der Waals surface area contributed by atoms with E-state index in [1.165, 1.54) is 0 Å². The number of rotatable bonds is 9. The predicted octanol–water partition coefficient (Wildman–Crippen LogP) is 3.71. The number of methoxy groups -OCH3 is 2. The van der Waals surface area contributed by atoms with Crippen LogP contribution in [0.2, 0.25) is 0 Å². The molecule has 2 amide bonds. The summed E-state index contributed by atoms with van der Waals surface area (Å²) in [5.41, 5.74) is 2.59. The van der Waals surface area contributed by atoms with Gasteiger partial charge in [-0.15, -0.1) is 5.10 Å². The monoisotopic (exact) mass is 462 g/mol. The molecule has 1 atom stereocenters. The van der Waals surface area contributed by atoms with Gasteiger partial charge in [-0.3, -0.25) is 5.32 Å². The summed E-state index contributed by atoms with van der Waals surface area (Å²) in [6.07, 6.45) is 1.65. The molecule has 0 radical (unpaired) electrons. The number of urea groups is 1. The van der Waals surface area contributed by atoms with Gasteiger partial charge in [-0.05, 0) is 55.0 Å². The Bertz CT molecular complexity index is 1260. The summed E-state index contributed by atoms with van der Waals surface area (Å²) in [6.45, 7) is 2.88. The lowest BCUT2D eigenvalue weighted by Crippen LogP contribution is -2.31. The highest BCUT2D eigenvalue weighted by atomic mass is 16.5. The number of aromatic nitrogens is 4. The molecule has 0 aliphatic rings. The minimum absolute atomic E-state index is 0.148. The Morgan fingerprint density at radius 1 is 1.06 bits per heavy atom. The first kappa shape index (κ1) is 23.0. The van der Waals surface area contributed by atoms with Crippen LogP contribution in [0.1, 0.15) is 18.5 Å². The Morgan fingerprint density at radius 3 is 2.65 bits per heavy atom. The summed E-state index contributed by atoms with van der Waals surface area (Å²) in [4.78, 5) is 21.1. The van der Waals surface area contributed by atoms with Crippen LogP contribution >= 0.6 is 0 Å². The predicted molar refractivity (Wildman–Crippen MR) is 127 cm³/mol. The van der Waals surface area contributed by atoms with E-state index in [4.69, 9.17) is 14.2 Å². The fourth-order valence-electron chi connectivity index (χ4n) is 3.36. The second kappa shape index (κ2) is 10.6. The van der Waals surface area contributed by atoms with Crippen LogP contribution in [0.5, 0.6) is 11.5 Å². The molecule has 0 aliphatic carbocycles. The van der Waals surface area contributed by atoms with E-state index in [1.807, 2.05) is 61.5 Å². The second-order valence-corrected chi connectivity index (χ2v) is 7.44. The van der Waals surface area contributed by atoms with Crippen LogP contribution in [0.4, 0.5) is 10.7 Å². The lowest BCUT2D eigenvalue weighted by Gasteiger charge is -2.14. The third kappa shape index (κ3) is 5.41. The molecule has 10 nitrogen and oxygen atoms in total. The number of fused-ring (bicyclic) bond motifs is 1. The zero-order valence-electron chi connectivity index (χ0n) is 19.2. The van der Waals surface area contributed by atoms with Gasteiger partial charge in [0.25, 0.3) is 11.7 Å². The van der Waals surface area contributed by atoms with Crippen molar-refractivity contribution in [1.82, 2.24) is 24.9 Å². The molecule has 2 heterocycles. The molecular weight excluding hydrogens is 436 g/mol. The molecule has 4 aromatic rings. The van der Waals surface area contributed by atoms with Crippen molar-refractivity contribution in [1.29, 1.82) is 0 Å². The van der Waals surface area contributed by atoms with Crippen molar-refractivity contribution in [3.05, 3.63) is 66.4 Å². The van der Waals surface area contributed by atoms with Crippen molar-refractivity contribution < 1.29 is 19.0 Å². The van der Waals surface area contributed by atoms with Crippen LogP contribution in [0.25, 0.3) is 17.0 Å². The third-order valence-electron chi connectivity index (χ3n) is 5.11. The number of nitrogens with one attached hydrogen (secondary N) is 2. The van der Waals surface area contributed by atoms with Gasteiger partial charge in [0.2, 0.25) is 0 Å². The van der Waals surface area contributed by atoms with Crippen LogP contribution in [0, 0.1) is 0 Å². The lowest BCUT2D eigenvalue weighted by atomic mass is 10.1. The van der Waals surface area contributed by atoms with Crippen molar-refractivity contribution in [2.24, 2.45) is 0 Å². The molecule has 176 valence electrons. The van der Waals surface area contributed by atoms with Crippen molar-refractivity contribution in [2.45, 2.75) is 13.0 Å². The maximum atomic E-state index is 12.5.